The normalized spacial score (nSPS) is 20.4. The zero-order valence-corrected chi connectivity index (χ0v) is 23.2. The number of aliphatic imine (C=N–C) groups is 1. The van der Waals surface area contributed by atoms with Crippen molar-refractivity contribution in [1.82, 2.24) is 15.1 Å². The van der Waals surface area contributed by atoms with E-state index in [0.29, 0.717) is 39.7 Å². The molecule has 1 saturated heterocycles. The largest absolute Gasteiger partial charge is 0.466 e. The van der Waals surface area contributed by atoms with E-state index < -0.39 is 17.9 Å². The number of dihydropyridines is 1. The van der Waals surface area contributed by atoms with Crippen LogP contribution in [0.1, 0.15) is 38.2 Å². The number of esters is 2. The first-order valence-corrected chi connectivity index (χ1v) is 13.6. The molecule has 3 aliphatic heterocycles. The summed E-state index contributed by atoms with van der Waals surface area (Å²) in [5.74, 6) is -0.556. The van der Waals surface area contributed by atoms with Crippen molar-refractivity contribution in [2.24, 2.45) is 4.99 Å². The lowest BCUT2D eigenvalue weighted by molar-refractivity contribution is -0.139. The van der Waals surface area contributed by atoms with Crippen LogP contribution in [0.5, 0.6) is 0 Å². The van der Waals surface area contributed by atoms with Gasteiger partial charge in [0.2, 0.25) is 0 Å². The minimum absolute atomic E-state index is 0.164. The van der Waals surface area contributed by atoms with Crippen molar-refractivity contribution in [3.05, 3.63) is 57.4 Å². The maximum atomic E-state index is 13.3. The fourth-order valence-corrected chi connectivity index (χ4v) is 5.49. The topological polar surface area (TPSA) is 92.7 Å². The van der Waals surface area contributed by atoms with E-state index >= 15 is 0 Å². The molecule has 38 heavy (non-hydrogen) atoms. The van der Waals surface area contributed by atoms with Gasteiger partial charge in [0.25, 0.3) is 0 Å². The first kappa shape index (κ1) is 28.1. The molecular weight excluding hydrogens is 508 g/mol. The SMILES string of the molecule is CCOC(=O)C1=C(COCCN2CCN(C3=NCCC3)CC2)NC(C)=C(C(=O)OC)C1c1ccccc1Cl. The fraction of sp³-hybridized carbons (Fsp3) is 0.536. The smallest absolute Gasteiger partial charge is 0.336 e. The number of hydrogen-bond donors (Lipinski definition) is 1. The predicted molar refractivity (Wildman–Crippen MR) is 146 cm³/mol. The van der Waals surface area contributed by atoms with E-state index in [1.165, 1.54) is 12.9 Å². The molecule has 1 aromatic carbocycles. The van der Waals surface area contributed by atoms with E-state index in [1.807, 2.05) is 12.1 Å². The molecule has 9 nitrogen and oxygen atoms in total. The Balaban J connectivity index is 1.48. The van der Waals surface area contributed by atoms with E-state index in [9.17, 15) is 9.59 Å². The van der Waals surface area contributed by atoms with Crippen molar-refractivity contribution in [2.75, 3.05) is 66.2 Å². The number of amidine groups is 1. The third-order valence-electron chi connectivity index (χ3n) is 7.15. The van der Waals surface area contributed by atoms with Crippen LogP contribution in [0, 0.1) is 0 Å². The summed E-state index contributed by atoms with van der Waals surface area (Å²) in [4.78, 5) is 35.5. The molecule has 4 rings (SSSR count). The number of methoxy groups -OCH3 is 1. The van der Waals surface area contributed by atoms with Gasteiger partial charge in [-0.15, -0.1) is 0 Å². The summed E-state index contributed by atoms with van der Waals surface area (Å²) in [5.41, 5.74) is 2.39. The van der Waals surface area contributed by atoms with Crippen molar-refractivity contribution in [3.8, 4) is 0 Å². The van der Waals surface area contributed by atoms with Crippen LogP contribution in [-0.2, 0) is 23.8 Å². The Morgan fingerprint density at radius 2 is 1.89 bits per heavy atom. The number of nitrogens with one attached hydrogen (secondary N) is 1. The molecule has 1 aromatic rings. The van der Waals surface area contributed by atoms with Crippen LogP contribution in [0.2, 0.25) is 5.02 Å². The van der Waals surface area contributed by atoms with Crippen molar-refractivity contribution < 1.29 is 23.8 Å². The van der Waals surface area contributed by atoms with Gasteiger partial charge in [-0.25, -0.2) is 9.59 Å². The van der Waals surface area contributed by atoms with Gasteiger partial charge in [-0.2, -0.15) is 0 Å². The lowest BCUT2D eigenvalue weighted by atomic mass is 9.80. The standard InChI is InChI=1S/C28H37ClN4O5/c1-4-38-28(35)26-22(18-37-17-16-32-12-14-33(15-13-32)23-10-7-11-30-23)31-19(2)24(27(34)36-3)25(26)20-8-5-6-9-21(20)29/h5-6,8-9,25,31H,4,7,10-18H2,1-3H3. The zero-order chi connectivity index (χ0) is 27.1. The van der Waals surface area contributed by atoms with Gasteiger partial charge in [0.05, 0.1) is 55.5 Å². The van der Waals surface area contributed by atoms with E-state index in [-0.39, 0.29) is 13.2 Å². The van der Waals surface area contributed by atoms with Gasteiger partial charge >= 0.3 is 11.9 Å². The molecule has 0 amide bonds. The highest BCUT2D eigenvalue weighted by Crippen LogP contribution is 2.41. The van der Waals surface area contributed by atoms with Gasteiger partial charge in [-0.05, 0) is 31.9 Å². The molecule has 0 aliphatic carbocycles. The molecular formula is C28H37ClN4O5. The van der Waals surface area contributed by atoms with Gasteiger partial charge in [-0.3, -0.25) is 9.89 Å². The molecule has 1 fully saturated rings. The van der Waals surface area contributed by atoms with Crippen LogP contribution < -0.4 is 5.32 Å². The number of halogens is 1. The number of carbonyl (C=O) groups is 2. The van der Waals surface area contributed by atoms with Crippen molar-refractivity contribution >= 4 is 29.4 Å². The third kappa shape index (κ3) is 6.39. The second kappa shape index (κ2) is 13.3. The predicted octanol–water partition coefficient (Wildman–Crippen LogP) is 3.12. The van der Waals surface area contributed by atoms with Crippen LogP contribution in [0.25, 0.3) is 0 Å². The number of hydrogen-bond acceptors (Lipinski definition) is 9. The average Bonchev–Trinajstić information content (AvgIpc) is 3.46. The monoisotopic (exact) mass is 544 g/mol. The molecule has 0 saturated carbocycles. The number of ether oxygens (including phenoxy) is 3. The van der Waals surface area contributed by atoms with E-state index in [2.05, 4.69) is 20.1 Å². The second-order valence-corrected chi connectivity index (χ2v) is 9.91. The summed E-state index contributed by atoms with van der Waals surface area (Å²) in [5, 5.41) is 3.66. The molecule has 3 aliphatic rings. The molecule has 0 aromatic heterocycles. The molecule has 0 radical (unpaired) electrons. The molecule has 0 bridgehead atoms. The number of benzene rings is 1. The highest BCUT2D eigenvalue weighted by atomic mass is 35.5. The fourth-order valence-electron chi connectivity index (χ4n) is 5.24. The number of nitrogens with zero attached hydrogens (tertiary/aromatic N) is 3. The Morgan fingerprint density at radius 1 is 1.13 bits per heavy atom. The molecule has 3 heterocycles. The summed E-state index contributed by atoms with van der Waals surface area (Å²) < 4.78 is 16.6. The summed E-state index contributed by atoms with van der Waals surface area (Å²) in [6.45, 7) is 10.0. The van der Waals surface area contributed by atoms with Gasteiger partial charge in [0.15, 0.2) is 0 Å². The average molecular weight is 545 g/mol. The van der Waals surface area contributed by atoms with E-state index in [0.717, 1.165) is 52.1 Å². The molecule has 206 valence electrons. The van der Waals surface area contributed by atoms with Crippen LogP contribution in [0.15, 0.2) is 51.8 Å². The molecule has 10 heteroatoms. The van der Waals surface area contributed by atoms with Crippen molar-refractivity contribution in [1.29, 1.82) is 0 Å². The third-order valence-corrected chi connectivity index (χ3v) is 7.49. The molecule has 1 unspecified atom stereocenters. The van der Waals surface area contributed by atoms with Gasteiger partial charge in [0, 0.05) is 56.4 Å². The second-order valence-electron chi connectivity index (χ2n) is 9.51. The van der Waals surface area contributed by atoms with Crippen molar-refractivity contribution in [3.63, 3.8) is 0 Å². The van der Waals surface area contributed by atoms with Crippen LogP contribution in [0.4, 0.5) is 0 Å². The summed E-state index contributed by atoms with van der Waals surface area (Å²) >= 11 is 6.56. The highest BCUT2D eigenvalue weighted by molar-refractivity contribution is 6.31. The lowest BCUT2D eigenvalue weighted by Crippen LogP contribution is -2.49. The number of rotatable bonds is 9. The summed E-state index contributed by atoms with van der Waals surface area (Å²) in [6.07, 6.45) is 2.25. The van der Waals surface area contributed by atoms with E-state index in [1.54, 1.807) is 26.0 Å². The minimum Gasteiger partial charge on any atom is -0.466 e. The Kier molecular flexibility index (Phi) is 9.82. The maximum Gasteiger partial charge on any atom is 0.336 e. The Morgan fingerprint density at radius 3 is 2.55 bits per heavy atom. The van der Waals surface area contributed by atoms with Gasteiger partial charge < -0.3 is 24.4 Å². The Hall–Kier alpha value is -2.88. The molecule has 1 atom stereocenters. The lowest BCUT2D eigenvalue weighted by Gasteiger charge is -2.36. The quantitative estimate of drug-likeness (QED) is 0.374. The summed E-state index contributed by atoms with van der Waals surface area (Å²) in [7, 11) is 1.32. The van der Waals surface area contributed by atoms with Gasteiger partial charge in [0.1, 0.15) is 0 Å². The van der Waals surface area contributed by atoms with Crippen LogP contribution in [0.3, 0.4) is 0 Å². The highest BCUT2D eigenvalue weighted by Gasteiger charge is 2.39. The maximum absolute atomic E-state index is 13.3. The zero-order valence-electron chi connectivity index (χ0n) is 22.4. The first-order valence-electron chi connectivity index (χ1n) is 13.2. The number of piperazine rings is 1. The molecule has 0 spiro atoms. The van der Waals surface area contributed by atoms with E-state index in [4.69, 9.17) is 25.8 Å². The van der Waals surface area contributed by atoms with Crippen LogP contribution >= 0.6 is 11.6 Å². The Labute approximate surface area is 229 Å². The Bertz CT molecular complexity index is 1120. The number of allylic oxidation sites excluding steroid dienone is 1. The molecule has 1 N–H and O–H groups in total. The number of carbonyl (C=O) groups excluding carboxylic acids is 2. The van der Waals surface area contributed by atoms with Gasteiger partial charge in [-0.1, -0.05) is 29.8 Å². The summed E-state index contributed by atoms with van der Waals surface area (Å²) in [6, 6.07) is 7.18. The first-order chi connectivity index (χ1) is 18.4. The van der Waals surface area contributed by atoms with Crippen LogP contribution in [-0.4, -0.2) is 93.8 Å². The minimum atomic E-state index is -0.748. The van der Waals surface area contributed by atoms with Crippen molar-refractivity contribution in [2.45, 2.75) is 32.6 Å².